The van der Waals surface area contributed by atoms with Crippen molar-refractivity contribution < 1.29 is 28.5 Å². The van der Waals surface area contributed by atoms with E-state index in [0.717, 1.165) is 66.5 Å². The Bertz CT molecular complexity index is 2620. The van der Waals surface area contributed by atoms with Crippen molar-refractivity contribution in [1.82, 2.24) is 29.5 Å². The number of ether oxygens (including phenoxy) is 4. The Hall–Kier alpha value is -4.78. The van der Waals surface area contributed by atoms with Crippen LogP contribution < -0.4 is 0 Å². The van der Waals surface area contributed by atoms with E-state index in [9.17, 15) is 9.59 Å². The first-order valence-electron chi connectivity index (χ1n) is 23.0. The predicted molar refractivity (Wildman–Crippen MR) is 268 cm³/mol. The van der Waals surface area contributed by atoms with E-state index >= 15 is 0 Å². The molecule has 358 valence electrons. The Labute approximate surface area is 414 Å². The molecule has 68 heavy (non-hydrogen) atoms. The van der Waals surface area contributed by atoms with Gasteiger partial charge in [0.2, 0.25) is 0 Å². The summed E-state index contributed by atoms with van der Waals surface area (Å²) < 4.78 is 27.0. The lowest BCUT2D eigenvalue weighted by Gasteiger charge is -2.12. The van der Waals surface area contributed by atoms with E-state index < -0.39 is 12.1 Å². The van der Waals surface area contributed by atoms with Crippen LogP contribution in [-0.2, 0) is 28.5 Å². The highest BCUT2D eigenvalue weighted by Gasteiger charge is 2.34. The van der Waals surface area contributed by atoms with E-state index in [4.69, 9.17) is 52.1 Å². The molecule has 0 saturated carbocycles. The molecule has 0 aliphatic carbocycles. The van der Waals surface area contributed by atoms with Crippen molar-refractivity contribution in [2.75, 3.05) is 52.9 Å². The number of benzene rings is 2. The number of fused-ring (bicyclic) bond motifs is 6. The number of hydrogen-bond acceptors (Lipinski definition) is 14. The number of halogens is 2. The molecule has 18 heteroatoms. The fourth-order valence-corrected chi connectivity index (χ4v) is 11.1. The monoisotopic (exact) mass is 998 g/mol. The van der Waals surface area contributed by atoms with Crippen LogP contribution in [0.4, 0.5) is 0 Å². The summed E-state index contributed by atoms with van der Waals surface area (Å²) in [4.78, 5) is 39.5. The number of carbonyl (C=O) groups is 2. The summed E-state index contributed by atoms with van der Waals surface area (Å²) in [5, 5.41) is 21.2. The molecular formula is C50H56Cl2N8O6S2. The van der Waals surface area contributed by atoms with Crippen molar-refractivity contribution in [3.63, 3.8) is 0 Å². The van der Waals surface area contributed by atoms with Gasteiger partial charge in [0, 0.05) is 81.0 Å². The maximum atomic E-state index is 13.4. The fraction of sp³-hybridized carbons (Fsp3) is 0.440. The molecule has 2 aromatic carbocycles. The maximum Gasteiger partial charge on any atom is 0.163 e. The summed E-state index contributed by atoms with van der Waals surface area (Å²) in [5.41, 5.74) is 7.92. The zero-order valence-electron chi connectivity index (χ0n) is 39.3. The molecule has 4 aromatic heterocycles. The summed E-state index contributed by atoms with van der Waals surface area (Å²) in [6.07, 6.45) is 2.34. The van der Waals surface area contributed by atoms with Crippen LogP contribution >= 0.6 is 45.9 Å². The number of hydrogen-bond donors (Lipinski definition) is 0. The molecule has 8 rings (SSSR count). The standard InChI is InChI=1S/C50H56Cl2N8O6S2/c1-29-31(3)67-49-43(29)45(35-11-15-37(51)16-12-35)53-41(47-57-55-33(5)59(47)49)27-39(61)9-7-19-63-21-23-65-25-26-66-24-22-64-20-8-10-40(62)28-42-48-58-56-34(6)60(48)50-44(30(2)32(4)68-50)46(54-42)36-13-17-38(52)18-14-36/h11-18,41-42H,7-10,19-28H2,1-6H3/t41-,42-/m0/s1. The number of ketones is 2. The van der Waals surface area contributed by atoms with Gasteiger partial charge in [0.1, 0.15) is 45.3 Å². The minimum Gasteiger partial charge on any atom is -0.379 e. The molecule has 2 aliphatic heterocycles. The zero-order valence-corrected chi connectivity index (χ0v) is 42.4. The van der Waals surface area contributed by atoms with Gasteiger partial charge in [-0.15, -0.1) is 43.1 Å². The minimum atomic E-state index is -0.484. The molecule has 0 unspecified atom stereocenters. The molecule has 0 bridgehead atoms. The van der Waals surface area contributed by atoms with Gasteiger partial charge in [-0.1, -0.05) is 47.5 Å². The average Bonchev–Trinajstić information content (AvgIpc) is 4.01. The molecule has 2 atom stereocenters. The third-order valence-corrected chi connectivity index (χ3v) is 15.0. The molecule has 6 heterocycles. The Morgan fingerprint density at radius 2 is 0.882 bits per heavy atom. The van der Waals surface area contributed by atoms with Crippen LogP contribution in [0.3, 0.4) is 0 Å². The number of nitrogens with zero attached hydrogens (tertiary/aromatic N) is 8. The van der Waals surface area contributed by atoms with Gasteiger partial charge in [0.05, 0.1) is 51.1 Å². The second-order valence-electron chi connectivity index (χ2n) is 17.0. The topological polar surface area (TPSA) is 157 Å². The molecule has 14 nitrogen and oxygen atoms in total. The third-order valence-electron chi connectivity index (χ3n) is 12.2. The summed E-state index contributed by atoms with van der Waals surface area (Å²) >= 11 is 15.9. The number of Topliss-reactive ketones (excluding diaryl/α,β-unsaturated/α-hetero) is 2. The number of thiophene rings is 2. The summed E-state index contributed by atoms with van der Waals surface area (Å²) in [6, 6.07) is 14.4. The quantitative estimate of drug-likeness (QED) is 0.0566. The number of aromatic nitrogens is 6. The van der Waals surface area contributed by atoms with Crippen LogP contribution in [0.1, 0.15) is 117 Å². The molecule has 0 fully saturated rings. The van der Waals surface area contributed by atoms with Gasteiger partial charge in [-0.2, -0.15) is 0 Å². The first-order valence-corrected chi connectivity index (χ1v) is 25.4. The summed E-state index contributed by atoms with van der Waals surface area (Å²) in [6.45, 7) is 15.7. The smallest absolute Gasteiger partial charge is 0.163 e. The largest absolute Gasteiger partial charge is 0.379 e. The lowest BCUT2D eigenvalue weighted by molar-refractivity contribution is -0.120. The van der Waals surface area contributed by atoms with Crippen molar-refractivity contribution in [2.45, 2.75) is 92.2 Å². The van der Waals surface area contributed by atoms with Crippen molar-refractivity contribution in [3.05, 3.63) is 125 Å². The van der Waals surface area contributed by atoms with Gasteiger partial charge in [-0.05, 0) is 89.8 Å². The normalized spacial score (nSPS) is 15.2. The molecule has 6 aromatic rings. The average molecular weight is 1000 g/mol. The first-order chi connectivity index (χ1) is 32.9. The summed E-state index contributed by atoms with van der Waals surface area (Å²) in [5.74, 6) is 3.04. The Balaban J connectivity index is 0.696. The number of rotatable bonds is 23. The maximum absolute atomic E-state index is 13.4. The van der Waals surface area contributed by atoms with Crippen LogP contribution in [0.2, 0.25) is 10.0 Å². The van der Waals surface area contributed by atoms with Crippen LogP contribution in [0.15, 0.2) is 58.5 Å². The molecule has 2 aliphatic rings. The van der Waals surface area contributed by atoms with Gasteiger partial charge < -0.3 is 18.9 Å². The second kappa shape index (κ2) is 22.8. The minimum absolute atomic E-state index is 0.0871. The van der Waals surface area contributed by atoms with Crippen LogP contribution in [0, 0.1) is 41.5 Å². The number of aliphatic imine (C=N–C) groups is 2. The molecule has 0 spiro atoms. The summed E-state index contributed by atoms with van der Waals surface area (Å²) in [7, 11) is 0. The van der Waals surface area contributed by atoms with E-state index in [0.29, 0.717) is 100 Å². The van der Waals surface area contributed by atoms with Gasteiger partial charge >= 0.3 is 0 Å². The van der Waals surface area contributed by atoms with E-state index in [2.05, 4.69) is 57.2 Å². The van der Waals surface area contributed by atoms with Gasteiger partial charge in [0.25, 0.3) is 0 Å². The molecule has 0 amide bonds. The molecular weight excluding hydrogens is 944 g/mol. The zero-order chi connectivity index (χ0) is 47.9. The van der Waals surface area contributed by atoms with Crippen LogP contribution in [0.25, 0.3) is 10.0 Å². The third kappa shape index (κ3) is 11.3. The highest BCUT2D eigenvalue weighted by Crippen LogP contribution is 2.41. The molecule has 0 radical (unpaired) electrons. The fourth-order valence-electron chi connectivity index (χ4n) is 8.41. The molecule has 0 N–H and O–H groups in total. The predicted octanol–water partition coefficient (Wildman–Crippen LogP) is 10.2. The SMILES string of the molecule is Cc1sc2c(c1C)C(c1ccc(Cl)cc1)=N[C@@H](CC(=O)CCCOCCOCCOCCOCCCC(=O)C[C@@H]1N=C(c3ccc(Cl)cc3)c3c(sc(C)c3C)-n3c(C)nnc31)c1nnc(C)n1-2. The van der Waals surface area contributed by atoms with Gasteiger partial charge in [-0.25, -0.2) is 0 Å². The highest BCUT2D eigenvalue weighted by molar-refractivity contribution is 7.15. The van der Waals surface area contributed by atoms with E-state index in [1.807, 2.05) is 62.4 Å². The van der Waals surface area contributed by atoms with E-state index in [1.165, 1.54) is 9.75 Å². The van der Waals surface area contributed by atoms with Crippen molar-refractivity contribution in [3.8, 4) is 10.0 Å². The lowest BCUT2D eigenvalue weighted by Crippen LogP contribution is -2.14. The number of carbonyl (C=O) groups excluding carboxylic acids is 2. The van der Waals surface area contributed by atoms with Crippen molar-refractivity contribution >= 4 is 68.9 Å². The van der Waals surface area contributed by atoms with Gasteiger partial charge in [-0.3, -0.25) is 28.7 Å². The number of aryl methyl sites for hydroxylation is 4. The Morgan fingerprint density at radius 3 is 1.25 bits per heavy atom. The second-order valence-corrected chi connectivity index (χ2v) is 20.2. The lowest BCUT2D eigenvalue weighted by atomic mass is 9.99. The van der Waals surface area contributed by atoms with E-state index in [-0.39, 0.29) is 24.4 Å². The first kappa shape index (κ1) is 49.6. The highest BCUT2D eigenvalue weighted by atomic mass is 35.5. The Morgan fingerprint density at radius 1 is 0.529 bits per heavy atom. The van der Waals surface area contributed by atoms with Crippen molar-refractivity contribution in [2.24, 2.45) is 9.98 Å². The van der Waals surface area contributed by atoms with E-state index in [1.54, 1.807) is 22.7 Å². The Kier molecular flexibility index (Phi) is 16.6. The van der Waals surface area contributed by atoms with Crippen LogP contribution in [-0.4, -0.2) is 105 Å². The van der Waals surface area contributed by atoms with Gasteiger partial charge in [0.15, 0.2) is 11.6 Å². The molecule has 0 saturated heterocycles. The van der Waals surface area contributed by atoms with Crippen LogP contribution in [0.5, 0.6) is 0 Å². The van der Waals surface area contributed by atoms with Crippen molar-refractivity contribution in [1.29, 1.82) is 0 Å².